The van der Waals surface area contributed by atoms with Crippen LogP contribution >= 0.6 is 0 Å². The van der Waals surface area contributed by atoms with Crippen molar-refractivity contribution in [2.45, 2.75) is 50.5 Å². The molecule has 5 heteroatoms. The van der Waals surface area contributed by atoms with E-state index in [9.17, 15) is 8.42 Å². The summed E-state index contributed by atoms with van der Waals surface area (Å²) < 4.78 is 27.7. The van der Waals surface area contributed by atoms with E-state index in [1.54, 1.807) is 12.1 Å². The Morgan fingerprint density at radius 2 is 2.00 bits per heavy atom. The number of benzene rings is 1. The maximum atomic E-state index is 12.4. The molecule has 118 valence electrons. The van der Waals surface area contributed by atoms with Crippen LogP contribution in [0.4, 0.5) is 0 Å². The van der Waals surface area contributed by atoms with Crippen molar-refractivity contribution >= 4 is 10.0 Å². The first-order valence-corrected chi connectivity index (χ1v) is 9.21. The van der Waals surface area contributed by atoms with Gasteiger partial charge in [-0.05, 0) is 55.8 Å². The number of sulfonamides is 1. The van der Waals surface area contributed by atoms with E-state index in [2.05, 4.69) is 23.9 Å². The summed E-state index contributed by atoms with van der Waals surface area (Å²) in [7, 11) is -1.52. The zero-order chi connectivity index (χ0) is 15.5. The molecule has 1 aromatic carbocycles. The Kier molecular flexibility index (Phi) is 5.07. The Hall–Kier alpha value is -0.910. The minimum Gasteiger partial charge on any atom is -0.313 e. The Labute approximate surface area is 128 Å². The van der Waals surface area contributed by atoms with Crippen molar-refractivity contribution in [3.05, 3.63) is 29.8 Å². The molecule has 1 fully saturated rings. The van der Waals surface area contributed by atoms with Gasteiger partial charge in [-0.25, -0.2) is 13.1 Å². The lowest BCUT2D eigenvalue weighted by Gasteiger charge is -2.17. The first-order valence-electron chi connectivity index (χ1n) is 7.73. The van der Waals surface area contributed by atoms with Gasteiger partial charge in [0, 0.05) is 12.6 Å². The standard InChI is InChI=1S/C16H26N2O2S/c1-4-15(17-3)13-7-6-8-14(11-13)21(19,20)18-12-16(5-2)9-10-16/h6-8,11,15,17-18H,4-5,9-10,12H2,1-3H3. The summed E-state index contributed by atoms with van der Waals surface area (Å²) in [4.78, 5) is 0.362. The van der Waals surface area contributed by atoms with E-state index in [1.807, 2.05) is 19.2 Å². The van der Waals surface area contributed by atoms with Gasteiger partial charge < -0.3 is 5.32 Å². The molecule has 1 atom stereocenters. The highest BCUT2D eigenvalue weighted by Crippen LogP contribution is 2.48. The van der Waals surface area contributed by atoms with Gasteiger partial charge in [0.05, 0.1) is 4.90 Å². The number of hydrogen-bond donors (Lipinski definition) is 2. The summed E-state index contributed by atoms with van der Waals surface area (Å²) in [6, 6.07) is 7.41. The van der Waals surface area contributed by atoms with Crippen molar-refractivity contribution in [3.63, 3.8) is 0 Å². The molecule has 0 aliphatic heterocycles. The third-order valence-corrected chi connectivity index (χ3v) is 6.07. The normalized spacial score (nSPS) is 18.4. The maximum Gasteiger partial charge on any atom is 0.240 e. The van der Waals surface area contributed by atoms with E-state index in [0.29, 0.717) is 11.4 Å². The van der Waals surface area contributed by atoms with Gasteiger partial charge in [0.1, 0.15) is 0 Å². The molecule has 1 saturated carbocycles. The molecular weight excluding hydrogens is 284 g/mol. The maximum absolute atomic E-state index is 12.4. The monoisotopic (exact) mass is 310 g/mol. The van der Waals surface area contributed by atoms with Gasteiger partial charge in [0.2, 0.25) is 10.0 Å². The highest BCUT2D eigenvalue weighted by atomic mass is 32.2. The highest BCUT2D eigenvalue weighted by Gasteiger charge is 2.41. The molecule has 0 heterocycles. The second kappa shape index (κ2) is 6.46. The van der Waals surface area contributed by atoms with E-state index < -0.39 is 10.0 Å². The summed E-state index contributed by atoms with van der Waals surface area (Å²) in [5.41, 5.74) is 1.22. The molecule has 2 N–H and O–H groups in total. The summed E-state index contributed by atoms with van der Waals surface area (Å²) in [5, 5.41) is 3.21. The topological polar surface area (TPSA) is 58.2 Å². The predicted octanol–water partition coefficient (Wildman–Crippen LogP) is 2.83. The lowest BCUT2D eigenvalue weighted by Crippen LogP contribution is -2.30. The highest BCUT2D eigenvalue weighted by molar-refractivity contribution is 7.89. The number of nitrogens with one attached hydrogen (secondary N) is 2. The zero-order valence-corrected chi connectivity index (χ0v) is 14.0. The summed E-state index contributed by atoms with van der Waals surface area (Å²) in [6.45, 7) is 4.76. The summed E-state index contributed by atoms with van der Waals surface area (Å²) >= 11 is 0. The SMILES string of the molecule is CCC(NC)c1cccc(S(=O)(=O)NCC2(CC)CC2)c1. The largest absolute Gasteiger partial charge is 0.313 e. The third-order valence-electron chi connectivity index (χ3n) is 4.67. The second-order valence-corrected chi connectivity index (χ2v) is 7.77. The van der Waals surface area contributed by atoms with Gasteiger partial charge in [-0.1, -0.05) is 26.0 Å². The molecule has 0 aromatic heterocycles. The van der Waals surface area contributed by atoms with Crippen molar-refractivity contribution in [2.75, 3.05) is 13.6 Å². The minimum absolute atomic E-state index is 0.186. The Morgan fingerprint density at radius 1 is 1.29 bits per heavy atom. The smallest absolute Gasteiger partial charge is 0.240 e. The van der Waals surface area contributed by atoms with Crippen LogP contribution < -0.4 is 10.0 Å². The van der Waals surface area contributed by atoms with Crippen LogP contribution in [0, 0.1) is 5.41 Å². The molecule has 4 nitrogen and oxygen atoms in total. The molecule has 1 aliphatic rings. The molecule has 0 radical (unpaired) electrons. The first kappa shape index (κ1) is 16.5. The van der Waals surface area contributed by atoms with Gasteiger partial charge in [-0.3, -0.25) is 0 Å². The van der Waals surface area contributed by atoms with Gasteiger partial charge in [0.15, 0.2) is 0 Å². The van der Waals surface area contributed by atoms with Crippen LogP contribution in [0.3, 0.4) is 0 Å². The molecule has 0 amide bonds. The number of rotatable bonds is 8. The van der Waals surface area contributed by atoms with E-state index in [-0.39, 0.29) is 11.5 Å². The van der Waals surface area contributed by atoms with Crippen molar-refractivity contribution in [1.82, 2.24) is 10.0 Å². The van der Waals surface area contributed by atoms with E-state index in [4.69, 9.17) is 0 Å². The van der Waals surface area contributed by atoms with Gasteiger partial charge in [-0.2, -0.15) is 0 Å². The molecule has 0 bridgehead atoms. The molecule has 1 aliphatic carbocycles. The average molecular weight is 310 g/mol. The van der Waals surface area contributed by atoms with E-state index in [0.717, 1.165) is 31.2 Å². The van der Waals surface area contributed by atoms with Crippen LogP contribution in [-0.4, -0.2) is 22.0 Å². The van der Waals surface area contributed by atoms with Gasteiger partial charge >= 0.3 is 0 Å². The third kappa shape index (κ3) is 3.84. The predicted molar refractivity (Wildman–Crippen MR) is 85.7 cm³/mol. The lowest BCUT2D eigenvalue weighted by molar-refractivity contribution is 0.475. The lowest BCUT2D eigenvalue weighted by atomic mass is 10.1. The molecule has 2 rings (SSSR count). The quantitative estimate of drug-likeness (QED) is 0.776. The van der Waals surface area contributed by atoms with Crippen LogP contribution in [0.2, 0.25) is 0 Å². The Balaban J connectivity index is 2.14. The molecule has 1 unspecified atom stereocenters. The summed E-state index contributed by atoms with van der Waals surface area (Å²) in [5.74, 6) is 0. The first-order chi connectivity index (χ1) is 9.96. The molecule has 0 saturated heterocycles. The van der Waals surface area contributed by atoms with Crippen LogP contribution in [0.25, 0.3) is 0 Å². The van der Waals surface area contributed by atoms with Crippen molar-refractivity contribution in [1.29, 1.82) is 0 Å². The van der Waals surface area contributed by atoms with Crippen molar-refractivity contribution in [3.8, 4) is 0 Å². The average Bonchev–Trinajstić information content (AvgIpc) is 3.28. The fourth-order valence-corrected chi connectivity index (χ4v) is 3.88. The van der Waals surface area contributed by atoms with Crippen molar-refractivity contribution < 1.29 is 8.42 Å². The fourth-order valence-electron chi connectivity index (χ4n) is 2.67. The van der Waals surface area contributed by atoms with Gasteiger partial charge in [0.25, 0.3) is 0 Å². The van der Waals surface area contributed by atoms with Crippen LogP contribution in [0.1, 0.15) is 51.1 Å². The fraction of sp³-hybridized carbons (Fsp3) is 0.625. The van der Waals surface area contributed by atoms with Crippen molar-refractivity contribution in [2.24, 2.45) is 5.41 Å². The Morgan fingerprint density at radius 3 is 2.52 bits per heavy atom. The zero-order valence-electron chi connectivity index (χ0n) is 13.1. The Bertz CT molecular complexity index is 576. The molecule has 21 heavy (non-hydrogen) atoms. The van der Waals surface area contributed by atoms with Crippen LogP contribution in [-0.2, 0) is 10.0 Å². The van der Waals surface area contributed by atoms with Crippen LogP contribution in [0.15, 0.2) is 29.2 Å². The molecule has 0 spiro atoms. The van der Waals surface area contributed by atoms with E-state index >= 15 is 0 Å². The molecular formula is C16H26N2O2S. The second-order valence-electron chi connectivity index (χ2n) is 6.00. The number of hydrogen-bond acceptors (Lipinski definition) is 3. The minimum atomic E-state index is -3.41. The molecule has 1 aromatic rings. The van der Waals surface area contributed by atoms with E-state index in [1.165, 1.54) is 0 Å². The van der Waals surface area contributed by atoms with Gasteiger partial charge in [-0.15, -0.1) is 0 Å². The summed E-state index contributed by atoms with van der Waals surface area (Å²) in [6.07, 6.45) is 4.22. The van der Waals surface area contributed by atoms with Crippen LogP contribution in [0.5, 0.6) is 0 Å².